The first-order valence-electron chi connectivity index (χ1n) is 12.2. The van der Waals surface area contributed by atoms with Crippen molar-refractivity contribution in [2.75, 3.05) is 19.8 Å². The van der Waals surface area contributed by atoms with Crippen molar-refractivity contribution in [2.24, 2.45) is 0 Å². The largest absolute Gasteiger partial charge is 0.490 e. The van der Waals surface area contributed by atoms with Gasteiger partial charge in [-0.2, -0.15) is 0 Å². The number of hydrogen-bond donors (Lipinski definition) is 0. The number of benzene rings is 3. The zero-order chi connectivity index (χ0) is 24.5. The van der Waals surface area contributed by atoms with Gasteiger partial charge in [-0.25, -0.2) is 4.79 Å². The molecule has 5 heteroatoms. The molecular formula is C30H32O5. The molecule has 1 aliphatic rings. The third-order valence-corrected chi connectivity index (χ3v) is 5.82. The molecule has 0 N–H and O–H groups in total. The molecule has 1 atom stereocenters. The molecule has 0 spiro atoms. The van der Waals surface area contributed by atoms with Crippen molar-refractivity contribution in [3.8, 4) is 11.5 Å². The van der Waals surface area contributed by atoms with E-state index in [2.05, 4.69) is 24.3 Å². The highest BCUT2D eigenvalue weighted by atomic mass is 16.6. The Morgan fingerprint density at radius 1 is 0.971 bits per heavy atom. The first-order chi connectivity index (χ1) is 17.2. The van der Waals surface area contributed by atoms with E-state index >= 15 is 0 Å². The number of esters is 1. The molecule has 1 heterocycles. The van der Waals surface area contributed by atoms with Crippen molar-refractivity contribution in [3.05, 3.63) is 101 Å². The van der Waals surface area contributed by atoms with Crippen LogP contribution in [0.2, 0.25) is 0 Å². The SMILES string of the molecule is CCCOC(Cc1ccc(OCC=C2c3ccccc3COc3ccccc32)cc1)C(=O)OCC. The van der Waals surface area contributed by atoms with Gasteiger partial charge in [0.15, 0.2) is 6.10 Å². The second-order valence-electron chi connectivity index (χ2n) is 8.33. The number of rotatable bonds is 10. The predicted molar refractivity (Wildman–Crippen MR) is 137 cm³/mol. The summed E-state index contributed by atoms with van der Waals surface area (Å²) in [6.45, 7) is 5.65. The Labute approximate surface area is 207 Å². The topological polar surface area (TPSA) is 54.0 Å². The molecule has 5 nitrogen and oxygen atoms in total. The standard InChI is InChI=1S/C30H32O5/c1-3-18-34-29(30(31)32-4-2)20-22-13-15-24(16-14-22)33-19-17-26-25-10-6-5-9-23(25)21-35-28-12-8-7-11-27(26)28/h5-17,29H,3-4,18-21H2,1-2H3. The molecule has 4 rings (SSSR count). The van der Waals surface area contributed by atoms with E-state index in [1.54, 1.807) is 6.92 Å². The molecule has 0 fully saturated rings. The Morgan fingerprint density at radius 3 is 2.49 bits per heavy atom. The van der Waals surface area contributed by atoms with Gasteiger partial charge in [0.1, 0.15) is 24.7 Å². The summed E-state index contributed by atoms with van der Waals surface area (Å²) in [5.74, 6) is 1.32. The van der Waals surface area contributed by atoms with Crippen molar-refractivity contribution in [2.45, 2.75) is 39.4 Å². The van der Waals surface area contributed by atoms with Gasteiger partial charge < -0.3 is 18.9 Å². The van der Waals surface area contributed by atoms with Crippen LogP contribution in [-0.2, 0) is 27.3 Å². The summed E-state index contributed by atoms with van der Waals surface area (Å²) >= 11 is 0. The lowest BCUT2D eigenvalue weighted by Crippen LogP contribution is -2.29. The fourth-order valence-corrected chi connectivity index (χ4v) is 4.11. The fourth-order valence-electron chi connectivity index (χ4n) is 4.11. The Morgan fingerprint density at radius 2 is 1.71 bits per heavy atom. The van der Waals surface area contributed by atoms with Crippen LogP contribution in [0.15, 0.2) is 78.9 Å². The summed E-state index contributed by atoms with van der Waals surface area (Å²) < 4.78 is 23.0. The molecule has 182 valence electrons. The molecular weight excluding hydrogens is 440 g/mol. The number of fused-ring (bicyclic) bond motifs is 2. The highest BCUT2D eigenvalue weighted by Crippen LogP contribution is 2.36. The quantitative estimate of drug-likeness (QED) is 0.339. The smallest absolute Gasteiger partial charge is 0.335 e. The van der Waals surface area contributed by atoms with Crippen molar-refractivity contribution in [1.29, 1.82) is 0 Å². The van der Waals surface area contributed by atoms with E-state index in [0.717, 1.165) is 45.7 Å². The minimum absolute atomic E-state index is 0.319. The summed E-state index contributed by atoms with van der Waals surface area (Å²) in [4.78, 5) is 12.2. The first kappa shape index (κ1) is 24.6. The van der Waals surface area contributed by atoms with Crippen LogP contribution in [-0.4, -0.2) is 31.9 Å². The molecule has 1 aliphatic heterocycles. The van der Waals surface area contributed by atoms with Gasteiger partial charge in [-0.1, -0.05) is 61.5 Å². The second-order valence-corrected chi connectivity index (χ2v) is 8.33. The third kappa shape index (κ3) is 6.31. The van der Waals surface area contributed by atoms with Gasteiger partial charge in [0, 0.05) is 18.6 Å². The number of ether oxygens (including phenoxy) is 4. The van der Waals surface area contributed by atoms with Crippen molar-refractivity contribution >= 4 is 11.5 Å². The van der Waals surface area contributed by atoms with Gasteiger partial charge >= 0.3 is 5.97 Å². The monoisotopic (exact) mass is 472 g/mol. The van der Waals surface area contributed by atoms with Gasteiger partial charge in [0.2, 0.25) is 0 Å². The molecule has 3 aromatic rings. The van der Waals surface area contributed by atoms with E-state index in [9.17, 15) is 4.79 Å². The van der Waals surface area contributed by atoms with E-state index in [0.29, 0.717) is 32.8 Å². The molecule has 0 aliphatic carbocycles. The molecule has 0 bridgehead atoms. The molecule has 1 unspecified atom stereocenters. The molecule has 0 saturated heterocycles. The Balaban J connectivity index is 1.45. The Hall–Kier alpha value is -3.57. The maximum absolute atomic E-state index is 12.2. The molecule has 0 saturated carbocycles. The second kappa shape index (κ2) is 12.2. The van der Waals surface area contributed by atoms with Crippen molar-refractivity contribution in [3.63, 3.8) is 0 Å². The molecule has 3 aromatic carbocycles. The van der Waals surface area contributed by atoms with E-state index in [1.165, 1.54) is 0 Å². The Kier molecular flexibility index (Phi) is 8.58. The van der Waals surface area contributed by atoms with Crippen molar-refractivity contribution in [1.82, 2.24) is 0 Å². The average Bonchev–Trinajstić information content (AvgIpc) is 3.05. The zero-order valence-corrected chi connectivity index (χ0v) is 20.4. The lowest BCUT2D eigenvalue weighted by Gasteiger charge is -2.16. The minimum Gasteiger partial charge on any atom is -0.490 e. The van der Waals surface area contributed by atoms with Gasteiger partial charge in [0.05, 0.1) is 6.61 Å². The molecule has 0 radical (unpaired) electrons. The summed E-state index contributed by atoms with van der Waals surface area (Å²) in [6.07, 6.45) is 2.83. The van der Waals surface area contributed by atoms with Gasteiger partial charge in [-0.3, -0.25) is 0 Å². The summed E-state index contributed by atoms with van der Waals surface area (Å²) in [5.41, 5.74) is 5.48. The van der Waals surface area contributed by atoms with Gasteiger partial charge in [0.25, 0.3) is 0 Å². The maximum atomic E-state index is 12.2. The van der Waals surface area contributed by atoms with Crippen LogP contribution in [0.4, 0.5) is 0 Å². The lowest BCUT2D eigenvalue weighted by molar-refractivity contribution is -0.156. The first-order valence-corrected chi connectivity index (χ1v) is 12.2. The summed E-state index contributed by atoms with van der Waals surface area (Å²) in [7, 11) is 0. The van der Waals surface area contributed by atoms with E-state index in [-0.39, 0.29) is 5.97 Å². The molecule has 0 aromatic heterocycles. The summed E-state index contributed by atoms with van der Waals surface area (Å²) in [6, 6.07) is 24.2. The number of carbonyl (C=O) groups excluding carboxylic acids is 1. The maximum Gasteiger partial charge on any atom is 0.335 e. The van der Waals surface area contributed by atoms with Crippen LogP contribution in [0, 0.1) is 0 Å². The van der Waals surface area contributed by atoms with Gasteiger partial charge in [-0.15, -0.1) is 0 Å². The van der Waals surface area contributed by atoms with Crippen molar-refractivity contribution < 1.29 is 23.7 Å². The highest BCUT2D eigenvalue weighted by molar-refractivity contribution is 5.85. The van der Waals surface area contributed by atoms with Crippen LogP contribution in [0.25, 0.3) is 5.57 Å². The highest BCUT2D eigenvalue weighted by Gasteiger charge is 2.21. The van der Waals surface area contributed by atoms with Crippen LogP contribution >= 0.6 is 0 Å². The normalized spacial score (nSPS) is 14.3. The minimum atomic E-state index is -0.594. The lowest BCUT2D eigenvalue weighted by atomic mass is 9.94. The average molecular weight is 473 g/mol. The Bertz CT molecular complexity index is 1100. The zero-order valence-electron chi connectivity index (χ0n) is 20.4. The van der Waals surface area contributed by atoms with Crippen LogP contribution in [0.5, 0.6) is 11.5 Å². The van der Waals surface area contributed by atoms with Crippen LogP contribution in [0.3, 0.4) is 0 Å². The van der Waals surface area contributed by atoms with E-state index in [4.69, 9.17) is 18.9 Å². The third-order valence-electron chi connectivity index (χ3n) is 5.82. The molecule has 0 amide bonds. The van der Waals surface area contributed by atoms with Crippen LogP contribution < -0.4 is 9.47 Å². The fraction of sp³-hybridized carbons (Fsp3) is 0.300. The summed E-state index contributed by atoms with van der Waals surface area (Å²) in [5, 5.41) is 0. The predicted octanol–water partition coefficient (Wildman–Crippen LogP) is 5.99. The number of carbonyl (C=O) groups is 1. The van der Waals surface area contributed by atoms with E-state index < -0.39 is 6.10 Å². The van der Waals surface area contributed by atoms with Crippen LogP contribution in [0.1, 0.15) is 42.5 Å². The van der Waals surface area contributed by atoms with Gasteiger partial charge in [-0.05, 0) is 59.9 Å². The number of hydrogen-bond acceptors (Lipinski definition) is 5. The number of para-hydroxylation sites is 1. The van der Waals surface area contributed by atoms with E-state index in [1.807, 2.05) is 61.5 Å². The molecule has 35 heavy (non-hydrogen) atoms.